The topological polar surface area (TPSA) is 58.6 Å². The first-order valence-corrected chi connectivity index (χ1v) is 8.94. The van der Waals surface area contributed by atoms with Crippen LogP contribution < -0.4 is 5.32 Å². The predicted octanol–water partition coefficient (Wildman–Crippen LogP) is 4.06. The molecule has 0 unspecified atom stereocenters. The summed E-state index contributed by atoms with van der Waals surface area (Å²) in [6.45, 7) is 1.82. The van der Waals surface area contributed by atoms with E-state index in [9.17, 15) is 9.18 Å². The van der Waals surface area contributed by atoms with E-state index in [4.69, 9.17) is 21.4 Å². The Labute approximate surface area is 156 Å². The summed E-state index contributed by atoms with van der Waals surface area (Å²) in [5.74, 6) is -1.29. The second-order valence-electron chi connectivity index (χ2n) is 6.66. The number of nitrogens with one attached hydrogen (secondary N) is 1. The van der Waals surface area contributed by atoms with Crippen LogP contribution in [0.25, 0.3) is 0 Å². The molecule has 1 saturated heterocycles. The van der Waals surface area contributed by atoms with E-state index in [1.165, 1.54) is 12.1 Å². The largest absolute Gasteiger partial charge is 0.478 e. The number of carboxylic acids is 1. The number of carboxylic acid groups (broad SMARTS) is 1. The van der Waals surface area contributed by atoms with E-state index in [2.05, 4.69) is 5.32 Å². The first-order valence-electron chi connectivity index (χ1n) is 8.56. The number of halogens is 2. The minimum Gasteiger partial charge on any atom is -0.478 e. The van der Waals surface area contributed by atoms with Crippen molar-refractivity contribution in [3.63, 3.8) is 0 Å². The molecule has 1 aliphatic rings. The van der Waals surface area contributed by atoms with E-state index < -0.39 is 5.97 Å². The zero-order chi connectivity index (χ0) is 18.6. The Kier molecular flexibility index (Phi) is 5.91. The summed E-state index contributed by atoms with van der Waals surface area (Å²) in [5, 5.41) is 13.1. The normalized spacial score (nSPS) is 16.4. The quantitative estimate of drug-likeness (QED) is 0.797. The number of carbonyl (C=O) groups is 1. The molecule has 0 aliphatic carbocycles. The van der Waals surface area contributed by atoms with Gasteiger partial charge in [0.2, 0.25) is 0 Å². The maximum absolute atomic E-state index is 13.3. The van der Waals surface area contributed by atoms with E-state index in [-0.39, 0.29) is 16.9 Å². The lowest BCUT2D eigenvalue weighted by Gasteiger charge is -2.39. The molecule has 3 rings (SSSR count). The van der Waals surface area contributed by atoms with Crippen LogP contribution in [-0.2, 0) is 17.7 Å². The fourth-order valence-corrected chi connectivity index (χ4v) is 3.55. The summed E-state index contributed by atoms with van der Waals surface area (Å²) in [7, 11) is 0. The van der Waals surface area contributed by atoms with Gasteiger partial charge >= 0.3 is 5.97 Å². The molecular formula is C20H21ClFNO3. The van der Waals surface area contributed by atoms with Crippen LogP contribution in [0.3, 0.4) is 0 Å². The second-order valence-corrected chi connectivity index (χ2v) is 7.07. The average Bonchev–Trinajstić information content (AvgIpc) is 2.64. The smallest absolute Gasteiger partial charge is 0.335 e. The maximum atomic E-state index is 13.3. The Morgan fingerprint density at radius 3 is 2.69 bits per heavy atom. The van der Waals surface area contributed by atoms with Gasteiger partial charge in [-0.3, -0.25) is 0 Å². The third-order valence-electron chi connectivity index (χ3n) is 4.84. The van der Waals surface area contributed by atoms with Crippen molar-refractivity contribution in [2.24, 2.45) is 0 Å². The highest BCUT2D eigenvalue weighted by molar-refractivity contribution is 6.31. The lowest BCUT2D eigenvalue weighted by Crippen LogP contribution is -2.50. The van der Waals surface area contributed by atoms with Crippen LogP contribution in [0.1, 0.15) is 34.3 Å². The zero-order valence-corrected chi connectivity index (χ0v) is 15.1. The molecule has 2 aromatic rings. The molecule has 26 heavy (non-hydrogen) atoms. The summed E-state index contributed by atoms with van der Waals surface area (Å²) in [6, 6.07) is 11.4. The van der Waals surface area contributed by atoms with Crippen LogP contribution in [0.4, 0.5) is 4.39 Å². The Morgan fingerprint density at radius 1 is 1.23 bits per heavy atom. The fourth-order valence-electron chi connectivity index (χ4n) is 3.31. The summed E-state index contributed by atoms with van der Waals surface area (Å²) in [6.07, 6.45) is 2.27. The molecule has 2 N–H and O–H groups in total. The third-order valence-corrected chi connectivity index (χ3v) is 5.19. The molecule has 2 aromatic carbocycles. The highest BCUT2D eigenvalue weighted by atomic mass is 35.5. The Hall–Kier alpha value is -1.95. The molecule has 1 fully saturated rings. The monoisotopic (exact) mass is 377 g/mol. The zero-order valence-electron chi connectivity index (χ0n) is 14.3. The van der Waals surface area contributed by atoms with E-state index in [1.807, 2.05) is 6.07 Å². The van der Waals surface area contributed by atoms with Gasteiger partial charge in [0, 0.05) is 30.3 Å². The van der Waals surface area contributed by atoms with Crippen molar-refractivity contribution in [2.45, 2.75) is 31.3 Å². The molecule has 0 bridgehead atoms. The molecule has 0 aromatic heterocycles. The van der Waals surface area contributed by atoms with E-state index >= 15 is 0 Å². The van der Waals surface area contributed by atoms with Crippen LogP contribution in [0.5, 0.6) is 0 Å². The van der Waals surface area contributed by atoms with Gasteiger partial charge < -0.3 is 15.2 Å². The summed E-state index contributed by atoms with van der Waals surface area (Å²) in [5.41, 5.74) is 1.84. The predicted molar refractivity (Wildman–Crippen MR) is 98.1 cm³/mol. The summed E-state index contributed by atoms with van der Waals surface area (Å²) >= 11 is 6.22. The van der Waals surface area contributed by atoms with Crippen molar-refractivity contribution < 1.29 is 19.0 Å². The van der Waals surface area contributed by atoms with Gasteiger partial charge in [-0.15, -0.1) is 0 Å². The molecule has 6 heteroatoms. The highest BCUT2D eigenvalue weighted by Gasteiger charge is 2.33. The minimum absolute atomic E-state index is 0.223. The molecular weight excluding hydrogens is 357 g/mol. The molecule has 1 aliphatic heterocycles. The van der Waals surface area contributed by atoms with E-state index in [1.54, 1.807) is 24.3 Å². The van der Waals surface area contributed by atoms with Crippen molar-refractivity contribution in [2.75, 3.05) is 13.2 Å². The van der Waals surface area contributed by atoms with Crippen molar-refractivity contribution in [1.29, 1.82) is 0 Å². The Balaban J connectivity index is 1.77. The van der Waals surface area contributed by atoms with Gasteiger partial charge in [0.1, 0.15) is 5.82 Å². The minimum atomic E-state index is -0.939. The second kappa shape index (κ2) is 8.16. The van der Waals surface area contributed by atoms with Crippen LogP contribution in [0.15, 0.2) is 42.5 Å². The lowest BCUT2D eigenvalue weighted by atomic mass is 9.83. The van der Waals surface area contributed by atoms with Gasteiger partial charge in [0.25, 0.3) is 0 Å². The summed E-state index contributed by atoms with van der Waals surface area (Å²) < 4.78 is 18.8. The van der Waals surface area contributed by atoms with Gasteiger partial charge in [0.15, 0.2) is 0 Å². The maximum Gasteiger partial charge on any atom is 0.335 e. The fraction of sp³-hybridized carbons (Fsp3) is 0.350. The molecule has 138 valence electrons. The molecule has 4 nitrogen and oxygen atoms in total. The van der Waals surface area contributed by atoms with Crippen molar-refractivity contribution >= 4 is 17.6 Å². The Bertz CT molecular complexity index is 790. The SMILES string of the molecule is O=C(O)c1cccc(CNC2(Cc3ccc(F)cc3Cl)CCOCC2)c1. The van der Waals surface area contributed by atoms with Crippen molar-refractivity contribution in [1.82, 2.24) is 5.32 Å². The van der Waals surface area contributed by atoms with E-state index in [0.717, 1.165) is 24.0 Å². The van der Waals surface area contributed by atoms with Crippen molar-refractivity contribution in [3.8, 4) is 0 Å². The molecule has 0 amide bonds. The number of hydrogen-bond donors (Lipinski definition) is 2. The lowest BCUT2D eigenvalue weighted by molar-refractivity contribution is 0.0373. The van der Waals surface area contributed by atoms with Gasteiger partial charge in [-0.25, -0.2) is 9.18 Å². The standard InChI is InChI=1S/C20H21ClFNO3/c21-18-11-17(22)5-4-16(18)12-20(6-8-26-9-7-20)23-13-14-2-1-3-15(10-14)19(24)25/h1-5,10-11,23H,6-9,12-13H2,(H,24,25). The van der Waals surface area contributed by atoms with Crippen LogP contribution in [0, 0.1) is 5.82 Å². The number of hydrogen-bond acceptors (Lipinski definition) is 3. The first kappa shape index (κ1) is 18.8. The number of rotatable bonds is 6. The van der Waals surface area contributed by atoms with Gasteiger partial charge in [-0.05, 0) is 54.7 Å². The van der Waals surface area contributed by atoms with Gasteiger partial charge in [0.05, 0.1) is 5.56 Å². The number of benzene rings is 2. The number of aromatic carboxylic acids is 1. The van der Waals surface area contributed by atoms with E-state index in [0.29, 0.717) is 31.2 Å². The number of ether oxygens (including phenoxy) is 1. The van der Waals surface area contributed by atoms with Gasteiger partial charge in [-0.2, -0.15) is 0 Å². The van der Waals surface area contributed by atoms with Crippen LogP contribution >= 0.6 is 11.6 Å². The molecule has 1 heterocycles. The van der Waals surface area contributed by atoms with Crippen LogP contribution in [0.2, 0.25) is 5.02 Å². The molecule has 0 atom stereocenters. The summed E-state index contributed by atoms with van der Waals surface area (Å²) in [4.78, 5) is 11.1. The van der Waals surface area contributed by atoms with Crippen LogP contribution in [-0.4, -0.2) is 29.8 Å². The molecule has 0 radical (unpaired) electrons. The molecule has 0 saturated carbocycles. The molecule has 0 spiro atoms. The highest BCUT2D eigenvalue weighted by Crippen LogP contribution is 2.29. The van der Waals surface area contributed by atoms with Gasteiger partial charge in [-0.1, -0.05) is 29.8 Å². The Morgan fingerprint density at radius 2 is 2.00 bits per heavy atom. The van der Waals surface area contributed by atoms with Crippen molar-refractivity contribution in [3.05, 3.63) is 70.0 Å². The third kappa shape index (κ3) is 4.61. The average molecular weight is 378 g/mol. The first-order chi connectivity index (χ1) is 12.5.